The first-order valence-corrected chi connectivity index (χ1v) is 23.1. The number of carbonyl (C=O) groups is 1. The summed E-state index contributed by atoms with van der Waals surface area (Å²) < 4.78 is 25.6. The van der Waals surface area contributed by atoms with Crippen molar-refractivity contribution in [3.05, 3.63) is 47.5 Å². The number of hydrogen-bond acceptors (Lipinski definition) is 5. The van der Waals surface area contributed by atoms with E-state index in [2.05, 4.69) is 77.6 Å². The molecule has 0 spiro atoms. The Morgan fingerprint density at radius 2 is 1.29 bits per heavy atom. The van der Waals surface area contributed by atoms with E-state index < -0.39 is 33.8 Å². The molecule has 0 radical (unpaired) electrons. The number of ether oxygens (including phenoxy) is 1. The molecule has 0 atom stereocenters. The molecule has 0 amide bonds. The molecule has 1 aromatic rings. The van der Waals surface area contributed by atoms with Gasteiger partial charge in [0, 0.05) is 11.6 Å². The van der Waals surface area contributed by atoms with Crippen LogP contribution in [0.3, 0.4) is 0 Å². The third-order valence-corrected chi connectivity index (χ3v) is 15.8. The normalized spacial score (nSPS) is 13.2. The van der Waals surface area contributed by atoms with E-state index in [1.807, 2.05) is 12.1 Å². The summed E-state index contributed by atoms with van der Waals surface area (Å²) in [6, 6.07) is 8.90. The van der Waals surface area contributed by atoms with E-state index in [-0.39, 0.29) is 12.6 Å². The first-order valence-electron chi connectivity index (χ1n) is 10.9. The van der Waals surface area contributed by atoms with Crippen LogP contribution in [0.1, 0.15) is 18.1 Å². The number of aryl methyl sites for hydroxylation is 1. The summed E-state index contributed by atoms with van der Waals surface area (Å²) in [6.45, 7) is 25.3. The Balaban J connectivity index is 3.10. The average Bonchev–Trinajstić information content (AvgIpc) is 2.53. The smallest absolute Gasteiger partial charge is 0.457 e. The molecule has 0 unspecified atom stereocenters. The number of benzene rings is 1. The highest BCUT2D eigenvalue weighted by Crippen LogP contribution is 2.30. The van der Waals surface area contributed by atoms with Crippen molar-refractivity contribution in [2.75, 3.05) is 0 Å². The van der Waals surface area contributed by atoms with E-state index in [0.29, 0.717) is 5.57 Å². The fraction of sp³-hybridized carbons (Fsp3) is 0.591. The van der Waals surface area contributed by atoms with Crippen molar-refractivity contribution in [2.45, 2.75) is 84.9 Å². The van der Waals surface area contributed by atoms with E-state index in [1.54, 1.807) is 6.92 Å². The summed E-state index contributed by atoms with van der Waals surface area (Å²) in [5.41, 5.74) is 2.53. The van der Waals surface area contributed by atoms with Crippen molar-refractivity contribution >= 4 is 39.7 Å². The zero-order chi connectivity index (χ0) is 24.1. The molecule has 0 bridgehead atoms. The molecule has 31 heavy (non-hydrogen) atoms. The minimum atomic E-state index is -2.87. The second-order valence-electron chi connectivity index (χ2n) is 11.0. The van der Waals surface area contributed by atoms with E-state index in [9.17, 15) is 4.79 Å². The van der Waals surface area contributed by atoms with Crippen LogP contribution in [-0.4, -0.2) is 39.7 Å². The van der Waals surface area contributed by atoms with E-state index in [1.165, 1.54) is 5.56 Å². The average molecular weight is 499 g/mol. The number of rotatable bonds is 12. The number of esters is 1. The van der Waals surface area contributed by atoms with Crippen LogP contribution < -0.4 is 0 Å². The molecule has 9 heteroatoms. The van der Waals surface area contributed by atoms with Gasteiger partial charge in [-0.05, 0) is 83.4 Å². The molecule has 0 aromatic heterocycles. The Kier molecular flexibility index (Phi) is 9.89. The van der Waals surface area contributed by atoms with Crippen molar-refractivity contribution in [3.63, 3.8) is 0 Å². The van der Waals surface area contributed by atoms with Crippen molar-refractivity contribution in [3.8, 4) is 0 Å². The fourth-order valence-corrected chi connectivity index (χ4v) is 17.7. The first kappa shape index (κ1) is 28.2. The molecule has 0 fully saturated rings. The second-order valence-corrected chi connectivity index (χ2v) is 28.0. The maximum Gasteiger partial charge on any atom is 0.469 e. The molecule has 0 N–H and O–H groups in total. The lowest BCUT2D eigenvalue weighted by molar-refractivity contribution is -0.140. The van der Waals surface area contributed by atoms with Crippen molar-refractivity contribution < 1.29 is 21.9 Å². The van der Waals surface area contributed by atoms with Crippen LogP contribution >= 0.6 is 0 Å². The van der Waals surface area contributed by atoms with Gasteiger partial charge in [-0.2, -0.15) is 0 Å². The van der Waals surface area contributed by atoms with Gasteiger partial charge in [-0.1, -0.05) is 30.8 Å². The minimum absolute atomic E-state index is 0.240. The van der Waals surface area contributed by atoms with E-state index in [0.717, 1.165) is 18.0 Å². The SMILES string of the molecule is C=C(C)C(=O)OCc1cccc(CC[Si](O[Si](C)(C)C)(O[Si](C)(C)C)O[Si](C)(C)C)c1. The maximum atomic E-state index is 11.7. The summed E-state index contributed by atoms with van der Waals surface area (Å²) in [5, 5.41) is 0. The Hall–Kier alpha value is -0.822. The molecule has 5 nitrogen and oxygen atoms in total. The molecule has 0 saturated carbocycles. The first-order chi connectivity index (χ1) is 13.9. The largest absolute Gasteiger partial charge is 0.469 e. The summed E-state index contributed by atoms with van der Waals surface area (Å²) >= 11 is 0. The third-order valence-electron chi connectivity index (χ3n) is 3.81. The molecular weight excluding hydrogens is 457 g/mol. The number of carbonyl (C=O) groups excluding carboxylic acids is 1. The van der Waals surface area contributed by atoms with Crippen LogP contribution in [0.2, 0.25) is 65.0 Å². The highest BCUT2D eigenvalue weighted by Gasteiger charge is 2.49. The van der Waals surface area contributed by atoms with Crippen LogP contribution in [0.25, 0.3) is 0 Å². The highest BCUT2D eigenvalue weighted by molar-refractivity contribution is 6.90. The summed E-state index contributed by atoms with van der Waals surface area (Å²) in [6.07, 6.45) is 0.800. The summed E-state index contributed by atoms with van der Waals surface area (Å²) in [7, 11) is -8.53. The van der Waals surface area contributed by atoms with Gasteiger partial charge < -0.3 is 17.1 Å². The van der Waals surface area contributed by atoms with Gasteiger partial charge in [-0.15, -0.1) is 0 Å². The van der Waals surface area contributed by atoms with Gasteiger partial charge in [0.1, 0.15) is 6.61 Å². The molecule has 0 heterocycles. The topological polar surface area (TPSA) is 54.0 Å². The molecule has 0 saturated heterocycles. The zero-order valence-electron chi connectivity index (χ0n) is 21.2. The standard InChI is InChI=1S/C22H42O5Si4/c1-19(2)22(23)24-18-21-14-12-13-20(17-21)15-16-31(25-28(3,4)5,26-29(6,7)8)27-30(9,10)11/h12-14,17H,1,15-16,18H2,2-11H3. The van der Waals surface area contributed by atoms with Crippen LogP contribution in [0.5, 0.6) is 0 Å². The monoisotopic (exact) mass is 498 g/mol. The van der Waals surface area contributed by atoms with E-state index in [4.69, 9.17) is 17.1 Å². The minimum Gasteiger partial charge on any atom is -0.457 e. The number of hydrogen-bond donors (Lipinski definition) is 0. The summed E-state index contributed by atoms with van der Waals surface area (Å²) in [5.74, 6) is -0.368. The molecule has 0 aliphatic heterocycles. The van der Waals surface area contributed by atoms with Gasteiger partial charge in [-0.3, -0.25) is 0 Å². The second kappa shape index (κ2) is 10.9. The van der Waals surface area contributed by atoms with Gasteiger partial charge in [0.05, 0.1) is 0 Å². The molecular formula is C22H42O5Si4. The van der Waals surface area contributed by atoms with Gasteiger partial charge in [-0.25, -0.2) is 4.79 Å². The van der Waals surface area contributed by atoms with Crippen LogP contribution in [0.15, 0.2) is 36.4 Å². The third kappa shape index (κ3) is 12.1. The molecule has 0 aliphatic rings. The van der Waals surface area contributed by atoms with Crippen molar-refractivity contribution in [1.29, 1.82) is 0 Å². The lowest BCUT2D eigenvalue weighted by Gasteiger charge is -2.43. The maximum absolute atomic E-state index is 11.7. The van der Waals surface area contributed by atoms with Crippen LogP contribution in [0.4, 0.5) is 0 Å². The van der Waals surface area contributed by atoms with Crippen molar-refractivity contribution in [1.82, 2.24) is 0 Å². The van der Waals surface area contributed by atoms with Gasteiger partial charge in [0.25, 0.3) is 0 Å². The Morgan fingerprint density at radius 1 is 0.839 bits per heavy atom. The van der Waals surface area contributed by atoms with Crippen molar-refractivity contribution in [2.24, 2.45) is 0 Å². The molecule has 1 rings (SSSR count). The Morgan fingerprint density at radius 3 is 1.71 bits per heavy atom. The molecule has 0 aliphatic carbocycles. The lowest BCUT2D eigenvalue weighted by atomic mass is 10.1. The van der Waals surface area contributed by atoms with Gasteiger partial charge >= 0.3 is 14.8 Å². The van der Waals surface area contributed by atoms with Crippen LogP contribution in [-0.2, 0) is 34.9 Å². The summed E-state index contributed by atoms with van der Waals surface area (Å²) in [4.78, 5) is 11.7. The fourth-order valence-electron chi connectivity index (χ4n) is 3.06. The Labute approximate surface area is 193 Å². The zero-order valence-corrected chi connectivity index (χ0v) is 25.2. The predicted octanol–water partition coefficient (Wildman–Crippen LogP) is 6.34. The highest BCUT2D eigenvalue weighted by atomic mass is 28.5. The molecule has 1 aromatic carbocycles. The van der Waals surface area contributed by atoms with E-state index >= 15 is 0 Å². The van der Waals surface area contributed by atoms with Crippen LogP contribution in [0, 0.1) is 0 Å². The van der Waals surface area contributed by atoms with Gasteiger partial charge in [0.2, 0.25) is 0 Å². The molecule has 176 valence electrons. The lowest BCUT2D eigenvalue weighted by Crippen LogP contribution is -2.60. The Bertz CT molecular complexity index is 720. The van der Waals surface area contributed by atoms with Gasteiger partial charge in [0.15, 0.2) is 25.0 Å². The quantitative estimate of drug-likeness (QED) is 0.191. The predicted molar refractivity (Wildman–Crippen MR) is 139 cm³/mol.